The molecule has 0 radical (unpaired) electrons. The minimum Gasteiger partial charge on any atom is -0.393 e. The average Bonchev–Trinajstić information content (AvgIpc) is 3.42. The first-order valence-electron chi connectivity index (χ1n) is 12.4. The third-order valence-corrected chi connectivity index (χ3v) is 6.80. The summed E-state index contributed by atoms with van der Waals surface area (Å²) in [5, 5.41) is 4.61. The number of amides is 1. The molecule has 6 heteroatoms. The fraction of sp³-hybridized carbons (Fsp3) is 0.464. The lowest BCUT2D eigenvalue weighted by Crippen LogP contribution is -2.44. The van der Waals surface area contributed by atoms with Gasteiger partial charge in [-0.15, -0.1) is 0 Å². The largest absolute Gasteiger partial charge is 0.416 e. The fourth-order valence-electron chi connectivity index (χ4n) is 4.92. The molecule has 0 bridgehead atoms. The Hall–Kier alpha value is -2.83. The van der Waals surface area contributed by atoms with Crippen LogP contribution in [0.4, 0.5) is 4.79 Å². The van der Waals surface area contributed by atoms with Crippen molar-refractivity contribution < 1.29 is 14.3 Å². The second-order valence-corrected chi connectivity index (χ2v) is 9.52. The highest BCUT2D eigenvalue weighted by Crippen LogP contribution is 2.28. The van der Waals surface area contributed by atoms with Crippen molar-refractivity contribution in [3.8, 4) is 5.88 Å². The molecular weight excluding hydrogens is 426 g/mol. The number of benzene rings is 2. The first kappa shape index (κ1) is 24.3. The third-order valence-electron chi connectivity index (χ3n) is 6.80. The SMILES string of the molecule is COCCCn1c(OC(=O)N(C[C@H]2CNC[C@@H]2Cc2ccccc2)C(C)C)cc2ccccc21. The number of ether oxygens (including phenoxy) is 2. The Morgan fingerprint density at radius 2 is 1.82 bits per heavy atom. The topological polar surface area (TPSA) is 55.7 Å². The Kier molecular flexibility index (Phi) is 8.25. The van der Waals surface area contributed by atoms with Gasteiger partial charge in [0, 0.05) is 44.3 Å². The van der Waals surface area contributed by atoms with Crippen molar-refractivity contribution in [3.63, 3.8) is 0 Å². The predicted molar refractivity (Wildman–Crippen MR) is 136 cm³/mol. The summed E-state index contributed by atoms with van der Waals surface area (Å²) in [4.78, 5) is 15.3. The Labute approximate surface area is 202 Å². The van der Waals surface area contributed by atoms with Crippen LogP contribution in [-0.2, 0) is 17.7 Å². The fourth-order valence-corrected chi connectivity index (χ4v) is 4.92. The Balaban J connectivity index is 1.48. The van der Waals surface area contributed by atoms with Crippen LogP contribution in [0.15, 0.2) is 60.7 Å². The van der Waals surface area contributed by atoms with E-state index in [1.165, 1.54) is 5.56 Å². The zero-order chi connectivity index (χ0) is 23.9. The van der Waals surface area contributed by atoms with E-state index < -0.39 is 0 Å². The van der Waals surface area contributed by atoms with E-state index in [0.717, 1.165) is 43.4 Å². The van der Waals surface area contributed by atoms with Crippen LogP contribution in [0, 0.1) is 11.8 Å². The van der Waals surface area contributed by atoms with Crippen LogP contribution in [-0.4, -0.2) is 55.0 Å². The highest BCUT2D eigenvalue weighted by Gasteiger charge is 2.32. The summed E-state index contributed by atoms with van der Waals surface area (Å²) in [6.45, 7) is 8.10. The van der Waals surface area contributed by atoms with E-state index in [-0.39, 0.29) is 12.1 Å². The standard InChI is InChI=1S/C28H37N3O3/c1-21(2)31(20-25-19-29-18-24(25)16-22-10-5-4-6-11-22)28(32)34-27-17-23-12-7-8-13-26(23)30(27)14-9-15-33-3/h4-8,10-13,17,21,24-25,29H,9,14-16,18-20H2,1-3H3/t24-,25+/m0/s1. The molecular formula is C28H37N3O3. The van der Waals surface area contributed by atoms with Gasteiger partial charge in [0.05, 0.1) is 5.52 Å². The first-order chi connectivity index (χ1) is 16.6. The van der Waals surface area contributed by atoms with Gasteiger partial charge >= 0.3 is 6.09 Å². The van der Waals surface area contributed by atoms with Gasteiger partial charge in [-0.25, -0.2) is 4.79 Å². The Bertz CT molecular complexity index is 1060. The lowest BCUT2D eigenvalue weighted by Gasteiger charge is -2.30. The smallest absolute Gasteiger partial charge is 0.393 e. The molecule has 2 heterocycles. The van der Waals surface area contributed by atoms with Crippen molar-refractivity contribution in [2.24, 2.45) is 11.8 Å². The van der Waals surface area contributed by atoms with Crippen molar-refractivity contribution in [3.05, 3.63) is 66.2 Å². The minimum atomic E-state index is -0.281. The number of hydrogen-bond donors (Lipinski definition) is 1. The van der Waals surface area contributed by atoms with Gasteiger partial charge < -0.3 is 24.3 Å². The molecule has 2 aromatic carbocycles. The number of nitrogens with one attached hydrogen (secondary N) is 1. The van der Waals surface area contributed by atoms with Gasteiger partial charge in [-0.3, -0.25) is 0 Å². The number of methoxy groups -OCH3 is 1. The molecule has 4 rings (SSSR count). The zero-order valence-corrected chi connectivity index (χ0v) is 20.6. The van der Waals surface area contributed by atoms with E-state index in [1.54, 1.807) is 7.11 Å². The van der Waals surface area contributed by atoms with Gasteiger partial charge in [0.15, 0.2) is 0 Å². The summed E-state index contributed by atoms with van der Waals surface area (Å²) in [5.41, 5.74) is 2.42. The van der Waals surface area contributed by atoms with Gasteiger partial charge in [-0.05, 0) is 63.2 Å². The van der Waals surface area contributed by atoms with Crippen LogP contribution in [0.5, 0.6) is 5.88 Å². The molecule has 1 aliphatic rings. The Morgan fingerprint density at radius 3 is 2.59 bits per heavy atom. The maximum atomic E-state index is 13.4. The number of aromatic nitrogens is 1. The minimum absolute atomic E-state index is 0.0526. The molecule has 6 nitrogen and oxygen atoms in total. The first-order valence-corrected chi connectivity index (χ1v) is 12.4. The molecule has 0 saturated carbocycles. The number of aryl methyl sites for hydroxylation is 1. The van der Waals surface area contributed by atoms with Gasteiger partial charge in [0.2, 0.25) is 5.88 Å². The molecule has 1 aliphatic heterocycles. The molecule has 34 heavy (non-hydrogen) atoms. The van der Waals surface area contributed by atoms with E-state index in [1.807, 2.05) is 23.1 Å². The third kappa shape index (κ3) is 5.80. The summed E-state index contributed by atoms with van der Waals surface area (Å²) in [7, 11) is 1.71. The van der Waals surface area contributed by atoms with Crippen LogP contribution in [0.2, 0.25) is 0 Å². The molecule has 1 N–H and O–H groups in total. The number of hydrogen-bond acceptors (Lipinski definition) is 4. The zero-order valence-electron chi connectivity index (χ0n) is 20.6. The van der Waals surface area contributed by atoms with Crippen molar-refractivity contribution >= 4 is 17.0 Å². The number of carbonyl (C=O) groups is 1. The van der Waals surface area contributed by atoms with Crippen LogP contribution in [0.1, 0.15) is 25.8 Å². The van der Waals surface area contributed by atoms with E-state index in [9.17, 15) is 4.79 Å². The highest BCUT2D eigenvalue weighted by molar-refractivity contribution is 5.83. The van der Waals surface area contributed by atoms with Crippen LogP contribution in [0.25, 0.3) is 10.9 Å². The van der Waals surface area contributed by atoms with Crippen LogP contribution >= 0.6 is 0 Å². The van der Waals surface area contributed by atoms with E-state index in [4.69, 9.17) is 9.47 Å². The lowest BCUT2D eigenvalue weighted by molar-refractivity contribution is 0.122. The molecule has 0 unspecified atom stereocenters. The molecule has 3 aromatic rings. The van der Waals surface area contributed by atoms with Crippen molar-refractivity contribution in [2.45, 2.75) is 39.3 Å². The number of para-hydroxylation sites is 1. The molecule has 182 valence electrons. The molecule has 0 aliphatic carbocycles. The second kappa shape index (κ2) is 11.5. The predicted octanol–water partition coefficient (Wildman–Crippen LogP) is 4.97. The maximum Gasteiger partial charge on any atom is 0.416 e. The quantitative estimate of drug-likeness (QED) is 0.432. The highest BCUT2D eigenvalue weighted by atomic mass is 16.6. The van der Waals surface area contributed by atoms with Crippen molar-refractivity contribution in [1.82, 2.24) is 14.8 Å². The Morgan fingerprint density at radius 1 is 1.09 bits per heavy atom. The van der Waals surface area contributed by atoms with E-state index in [2.05, 4.69) is 66.2 Å². The van der Waals surface area contributed by atoms with E-state index >= 15 is 0 Å². The van der Waals surface area contributed by atoms with Gasteiger partial charge in [0.25, 0.3) is 0 Å². The summed E-state index contributed by atoms with van der Waals surface area (Å²) in [6.07, 6.45) is 1.59. The summed E-state index contributed by atoms with van der Waals surface area (Å²) >= 11 is 0. The van der Waals surface area contributed by atoms with Gasteiger partial charge in [-0.1, -0.05) is 48.5 Å². The van der Waals surface area contributed by atoms with E-state index in [0.29, 0.717) is 30.9 Å². The molecule has 1 amide bonds. The monoisotopic (exact) mass is 463 g/mol. The number of carbonyl (C=O) groups excluding carboxylic acids is 1. The molecule has 1 fully saturated rings. The summed E-state index contributed by atoms with van der Waals surface area (Å²) in [5.74, 6) is 1.48. The van der Waals surface area contributed by atoms with Crippen LogP contribution < -0.4 is 10.1 Å². The molecule has 0 spiro atoms. The van der Waals surface area contributed by atoms with Crippen molar-refractivity contribution in [2.75, 3.05) is 33.4 Å². The number of nitrogens with zero attached hydrogens (tertiary/aromatic N) is 2. The van der Waals surface area contributed by atoms with Gasteiger partial charge in [-0.2, -0.15) is 0 Å². The lowest BCUT2D eigenvalue weighted by atomic mass is 9.89. The van der Waals surface area contributed by atoms with Gasteiger partial charge in [0.1, 0.15) is 0 Å². The average molecular weight is 464 g/mol. The number of rotatable bonds is 10. The second-order valence-electron chi connectivity index (χ2n) is 9.52. The summed E-state index contributed by atoms with van der Waals surface area (Å²) < 4.78 is 13.4. The maximum absolute atomic E-state index is 13.4. The number of fused-ring (bicyclic) bond motifs is 1. The van der Waals surface area contributed by atoms with Crippen molar-refractivity contribution in [1.29, 1.82) is 0 Å². The summed E-state index contributed by atoms with van der Waals surface area (Å²) in [6, 6.07) is 20.8. The normalized spacial score (nSPS) is 18.0. The molecule has 1 saturated heterocycles. The van der Waals surface area contributed by atoms with Crippen LogP contribution in [0.3, 0.4) is 0 Å². The molecule has 1 aromatic heterocycles. The molecule has 2 atom stereocenters.